The zero-order valence-electron chi connectivity index (χ0n) is 8.92. The number of pyridine rings is 2. The third kappa shape index (κ3) is 2.05. The van der Waals surface area contributed by atoms with Gasteiger partial charge in [0, 0.05) is 24.7 Å². The molecule has 2 rings (SSSR count). The normalized spacial score (nSPS) is 11.1. The molecule has 0 aliphatic heterocycles. The summed E-state index contributed by atoms with van der Waals surface area (Å²) >= 11 is 0. The van der Waals surface area contributed by atoms with E-state index < -0.39 is 25.5 Å². The Kier molecular flexibility index (Phi) is 3.02. The minimum Gasteiger partial charge on any atom is -0.265 e. The Labute approximate surface area is 102 Å². The highest BCUT2D eigenvalue weighted by molar-refractivity contribution is 7.91. The smallest absolute Gasteiger partial charge is 0.265 e. The topological polar surface area (TPSA) is 103 Å². The van der Waals surface area contributed by atoms with E-state index in [1.165, 1.54) is 36.8 Å². The lowest BCUT2D eigenvalue weighted by atomic mass is 10.4. The van der Waals surface area contributed by atoms with E-state index in [0.717, 1.165) is 6.07 Å². The first-order valence-corrected chi connectivity index (χ1v) is 6.26. The zero-order valence-corrected chi connectivity index (χ0v) is 9.74. The lowest BCUT2D eigenvalue weighted by molar-refractivity contribution is -0.388. The number of nitro groups is 1. The summed E-state index contributed by atoms with van der Waals surface area (Å²) < 4.78 is 24.3. The number of aromatic nitrogens is 2. The van der Waals surface area contributed by atoms with Gasteiger partial charge < -0.3 is 0 Å². The molecular weight excluding hydrogens is 258 g/mol. The molecule has 0 aliphatic carbocycles. The molecule has 0 aromatic carbocycles. The molecule has 0 spiro atoms. The van der Waals surface area contributed by atoms with Crippen molar-refractivity contribution in [2.45, 2.75) is 9.92 Å². The minimum atomic E-state index is -4.01. The maximum atomic E-state index is 12.2. The van der Waals surface area contributed by atoms with Crippen LogP contribution in [-0.4, -0.2) is 23.3 Å². The lowest BCUT2D eigenvalue weighted by Gasteiger charge is -2.03. The van der Waals surface area contributed by atoms with Gasteiger partial charge in [-0.15, -0.1) is 0 Å². The van der Waals surface area contributed by atoms with Crippen LogP contribution >= 0.6 is 0 Å². The predicted octanol–water partition coefficient (Wildman–Crippen LogP) is 1.22. The van der Waals surface area contributed by atoms with Crippen LogP contribution in [0.3, 0.4) is 0 Å². The summed E-state index contributed by atoms with van der Waals surface area (Å²) in [4.78, 5) is 17.2. The standard InChI is InChI=1S/C10H7N3O4S/c14-13(15)9-2-1-5-12-10(9)18(16,17)8-3-6-11-7-4-8/h1-7H. The maximum absolute atomic E-state index is 12.2. The van der Waals surface area contributed by atoms with Gasteiger partial charge in [0.05, 0.1) is 9.82 Å². The van der Waals surface area contributed by atoms with Crippen LogP contribution in [0.25, 0.3) is 0 Å². The molecule has 0 radical (unpaired) electrons. The lowest BCUT2D eigenvalue weighted by Crippen LogP contribution is -2.07. The molecule has 0 amide bonds. The monoisotopic (exact) mass is 265 g/mol. The summed E-state index contributed by atoms with van der Waals surface area (Å²) in [6.07, 6.45) is 3.78. The van der Waals surface area contributed by atoms with E-state index in [2.05, 4.69) is 9.97 Å². The summed E-state index contributed by atoms with van der Waals surface area (Å²) in [6, 6.07) is 4.92. The van der Waals surface area contributed by atoms with Crippen molar-refractivity contribution in [1.29, 1.82) is 0 Å². The molecule has 2 heterocycles. The second-order valence-corrected chi connectivity index (χ2v) is 5.14. The molecule has 2 aromatic heterocycles. The third-order valence-corrected chi connectivity index (χ3v) is 3.88. The summed E-state index contributed by atoms with van der Waals surface area (Å²) in [5.41, 5.74) is -0.547. The molecule has 2 aromatic rings. The van der Waals surface area contributed by atoms with Crippen LogP contribution < -0.4 is 0 Å². The fraction of sp³-hybridized carbons (Fsp3) is 0. The molecule has 0 aliphatic rings. The average molecular weight is 265 g/mol. The molecule has 92 valence electrons. The van der Waals surface area contributed by atoms with Gasteiger partial charge >= 0.3 is 5.69 Å². The van der Waals surface area contributed by atoms with Crippen LogP contribution in [0, 0.1) is 10.1 Å². The summed E-state index contributed by atoms with van der Waals surface area (Å²) in [7, 11) is -4.01. The van der Waals surface area contributed by atoms with Crippen molar-refractivity contribution in [2.75, 3.05) is 0 Å². The van der Waals surface area contributed by atoms with Gasteiger partial charge in [0.15, 0.2) is 0 Å². The molecule has 0 fully saturated rings. The number of rotatable bonds is 3. The molecule has 0 bridgehead atoms. The largest absolute Gasteiger partial charge is 0.306 e. The fourth-order valence-corrected chi connectivity index (χ4v) is 2.68. The highest BCUT2D eigenvalue weighted by Crippen LogP contribution is 2.26. The van der Waals surface area contributed by atoms with Crippen LogP contribution in [0.1, 0.15) is 0 Å². The molecule has 0 N–H and O–H groups in total. The Morgan fingerprint density at radius 1 is 1.11 bits per heavy atom. The Balaban J connectivity index is 2.66. The van der Waals surface area contributed by atoms with Crippen LogP contribution in [0.5, 0.6) is 0 Å². The van der Waals surface area contributed by atoms with Crippen molar-refractivity contribution < 1.29 is 13.3 Å². The third-order valence-electron chi connectivity index (χ3n) is 2.16. The van der Waals surface area contributed by atoms with E-state index in [1.54, 1.807) is 0 Å². The molecule has 7 nitrogen and oxygen atoms in total. The van der Waals surface area contributed by atoms with Gasteiger partial charge in [-0.25, -0.2) is 13.4 Å². The van der Waals surface area contributed by atoms with Crippen molar-refractivity contribution >= 4 is 15.5 Å². The van der Waals surface area contributed by atoms with Gasteiger partial charge in [-0.05, 0) is 18.2 Å². The molecule has 0 unspecified atom stereocenters. The van der Waals surface area contributed by atoms with Crippen molar-refractivity contribution in [1.82, 2.24) is 9.97 Å². The maximum Gasteiger partial charge on any atom is 0.306 e. The number of hydrogen-bond donors (Lipinski definition) is 0. The van der Waals surface area contributed by atoms with E-state index in [9.17, 15) is 18.5 Å². The SMILES string of the molecule is O=[N+]([O-])c1cccnc1S(=O)(=O)c1ccncc1. The van der Waals surface area contributed by atoms with Crippen LogP contribution in [0.2, 0.25) is 0 Å². The van der Waals surface area contributed by atoms with E-state index in [1.807, 2.05) is 0 Å². The van der Waals surface area contributed by atoms with Gasteiger partial charge in [-0.1, -0.05) is 0 Å². The summed E-state index contributed by atoms with van der Waals surface area (Å²) in [6.45, 7) is 0. The second kappa shape index (κ2) is 4.49. The van der Waals surface area contributed by atoms with Gasteiger partial charge in [0.1, 0.15) is 0 Å². The number of sulfone groups is 1. The molecule has 18 heavy (non-hydrogen) atoms. The Morgan fingerprint density at radius 2 is 1.78 bits per heavy atom. The number of nitrogens with zero attached hydrogens (tertiary/aromatic N) is 3. The van der Waals surface area contributed by atoms with Crippen molar-refractivity contribution in [2.24, 2.45) is 0 Å². The summed E-state index contributed by atoms with van der Waals surface area (Å²) in [5.74, 6) is 0. The Morgan fingerprint density at radius 3 is 2.39 bits per heavy atom. The van der Waals surface area contributed by atoms with Crippen molar-refractivity contribution in [3.63, 3.8) is 0 Å². The first-order valence-electron chi connectivity index (χ1n) is 4.78. The number of hydrogen-bond acceptors (Lipinski definition) is 6. The van der Waals surface area contributed by atoms with Gasteiger partial charge in [-0.2, -0.15) is 0 Å². The Hall–Kier alpha value is -2.35. The highest BCUT2D eigenvalue weighted by atomic mass is 32.2. The van der Waals surface area contributed by atoms with Gasteiger partial charge in [0.2, 0.25) is 14.9 Å². The van der Waals surface area contributed by atoms with E-state index in [0.29, 0.717) is 0 Å². The first kappa shape index (κ1) is 12.1. The fourth-order valence-electron chi connectivity index (χ4n) is 1.36. The Bertz CT molecular complexity index is 685. The summed E-state index contributed by atoms with van der Waals surface area (Å²) in [5, 5.41) is 10.2. The molecule has 8 heteroatoms. The van der Waals surface area contributed by atoms with Crippen molar-refractivity contribution in [3.8, 4) is 0 Å². The van der Waals surface area contributed by atoms with Crippen LogP contribution in [0.15, 0.2) is 52.8 Å². The van der Waals surface area contributed by atoms with Crippen LogP contribution in [-0.2, 0) is 9.84 Å². The zero-order chi connectivity index (χ0) is 13.2. The first-order chi connectivity index (χ1) is 8.53. The van der Waals surface area contributed by atoms with E-state index in [-0.39, 0.29) is 4.90 Å². The molecule has 0 atom stereocenters. The van der Waals surface area contributed by atoms with Crippen LogP contribution in [0.4, 0.5) is 5.69 Å². The molecule has 0 saturated heterocycles. The highest BCUT2D eigenvalue weighted by Gasteiger charge is 2.28. The van der Waals surface area contributed by atoms with Crippen molar-refractivity contribution in [3.05, 3.63) is 53.0 Å². The van der Waals surface area contributed by atoms with Gasteiger partial charge in [0.25, 0.3) is 0 Å². The quantitative estimate of drug-likeness (QED) is 0.610. The predicted molar refractivity (Wildman–Crippen MR) is 60.6 cm³/mol. The minimum absolute atomic E-state index is 0.0840. The van der Waals surface area contributed by atoms with E-state index in [4.69, 9.17) is 0 Å². The average Bonchev–Trinajstić information content (AvgIpc) is 2.39. The second-order valence-electron chi connectivity index (χ2n) is 3.27. The van der Waals surface area contributed by atoms with E-state index >= 15 is 0 Å². The molecule has 0 saturated carbocycles. The van der Waals surface area contributed by atoms with Gasteiger partial charge in [-0.3, -0.25) is 15.1 Å². The molecular formula is C10H7N3O4S.